The number of hydrogen-bond acceptors (Lipinski definition) is 4. The van der Waals surface area contributed by atoms with Gasteiger partial charge in [-0.2, -0.15) is 0 Å². The predicted octanol–water partition coefficient (Wildman–Crippen LogP) is -2.35. The van der Waals surface area contributed by atoms with Crippen molar-refractivity contribution in [3.8, 4) is 0 Å². The van der Waals surface area contributed by atoms with Crippen molar-refractivity contribution < 1.29 is 39.3 Å². The van der Waals surface area contributed by atoms with Gasteiger partial charge < -0.3 is 19.8 Å². The Labute approximate surface area is 76.4 Å². The van der Waals surface area contributed by atoms with Gasteiger partial charge >= 0.3 is 19.5 Å². The van der Waals surface area contributed by atoms with Crippen LogP contribution in [-0.2, 0) is 29.1 Å². The van der Waals surface area contributed by atoms with Crippen molar-refractivity contribution >= 4 is 11.9 Å². The molecule has 1 fully saturated rings. The Morgan fingerprint density at radius 3 is 1.45 bits per heavy atom. The molecule has 0 amide bonds. The molecule has 0 N–H and O–H groups in total. The number of carbonyl (C=O) groups excluding carboxylic acids is 2. The third-order valence-corrected chi connectivity index (χ3v) is 1.99. The number of aliphatic carboxylic acids is 2. The first-order valence-corrected chi connectivity index (χ1v) is 3.02. The van der Waals surface area contributed by atoms with E-state index in [0.29, 0.717) is 6.42 Å². The standard InChI is InChI=1S/C6H8O4.Zn/c7-4(8)6(5(9)10)2-1-3-6;/h1-3H2,(H,7,8)(H,9,10);/q;+2/p-2. The Hall–Kier alpha value is -0.437. The molecule has 0 radical (unpaired) electrons. The smallest absolute Gasteiger partial charge is 0.549 e. The summed E-state index contributed by atoms with van der Waals surface area (Å²) in [6.07, 6.45) is 0.928. The first-order valence-electron chi connectivity index (χ1n) is 3.02. The second-order valence-corrected chi connectivity index (χ2v) is 2.51. The van der Waals surface area contributed by atoms with Crippen LogP contribution in [-0.4, -0.2) is 11.9 Å². The van der Waals surface area contributed by atoms with Crippen LogP contribution in [0.1, 0.15) is 19.3 Å². The van der Waals surface area contributed by atoms with E-state index in [1.807, 2.05) is 0 Å². The summed E-state index contributed by atoms with van der Waals surface area (Å²) < 4.78 is 0. The van der Waals surface area contributed by atoms with Crippen molar-refractivity contribution in [2.75, 3.05) is 0 Å². The molecular formula is C6H6O4Zn. The normalized spacial score (nSPS) is 19.3. The van der Waals surface area contributed by atoms with Crippen LogP contribution >= 0.6 is 0 Å². The van der Waals surface area contributed by atoms with E-state index in [1.54, 1.807) is 0 Å². The summed E-state index contributed by atoms with van der Waals surface area (Å²) in [5.74, 6) is -3.03. The summed E-state index contributed by atoms with van der Waals surface area (Å²) in [5.41, 5.74) is -1.67. The van der Waals surface area contributed by atoms with E-state index in [-0.39, 0.29) is 32.3 Å². The molecule has 1 saturated carbocycles. The van der Waals surface area contributed by atoms with E-state index < -0.39 is 17.4 Å². The van der Waals surface area contributed by atoms with Crippen LogP contribution in [0, 0.1) is 5.41 Å². The number of carboxylic acids is 2. The van der Waals surface area contributed by atoms with E-state index in [2.05, 4.69) is 0 Å². The quantitative estimate of drug-likeness (QED) is 0.375. The predicted molar refractivity (Wildman–Crippen MR) is 26.3 cm³/mol. The van der Waals surface area contributed by atoms with Crippen LogP contribution in [0.15, 0.2) is 0 Å². The summed E-state index contributed by atoms with van der Waals surface area (Å²) in [4.78, 5) is 20.4. The molecule has 1 aliphatic carbocycles. The van der Waals surface area contributed by atoms with Gasteiger partial charge in [0, 0.05) is 5.41 Å². The van der Waals surface area contributed by atoms with Gasteiger partial charge in [-0.1, -0.05) is 6.42 Å². The van der Waals surface area contributed by atoms with E-state index in [9.17, 15) is 19.8 Å². The summed E-state index contributed by atoms with van der Waals surface area (Å²) in [7, 11) is 0. The molecule has 0 heterocycles. The van der Waals surface area contributed by atoms with Gasteiger partial charge in [0.2, 0.25) is 0 Å². The number of carbonyl (C=O) groups is 2. The summed E-state index contributed by atoms with van der Waals surface area (Å²) in [6, 6.07) is 0. The zero-order valence-electron chi connectivity index (χ0n) is 5.96. The van der Waals surface area contributed by atoms with Crippen LogP contribution in [0.25, 0.3) is 0 Å². The average Bonchev–Trinajstić information content (AvgIpc) is 1.57. The van der Waals surface area contributed by atoms with Crippen molar-refractivity contribution in [1.82, 2.24) is 0 Å². The Bertz CT molecular complexity index is 169. The van der Waals surface area contributed by atoms with Gasteiger partial charge in [0.1, 0.15) is 0 Å². The van der Waals surface area contributed by atoms with Gasteiger partial charge in [-0.25, -0.2) is 0 Å². The van der Waals surface area contributed by atoms with E-state index in [4.69, 9.17) is 0 Å². The van der Waals surface area contributed by atoms with Crippen molar-refractivity contribution in [2.45, 2.75) is 19.3 Å². The van der Waals surface area contributed by atoms with Crippen molar-refractivity contribution in [1.29, 1.82) is 0 Å². The molecule has 4 nitrogen and oxygen atoms in total. The fourth-order valence-electron chi connectivity index (χ4n) is 1.02. The first kappa shape index (κ1) is 10.6. The summed E-state index contributed by atoms with van der Waals surface area (Å²) in [6.45, 7) is 0. The van der Waals surface area contributed by atoms with Crippen LogP contribution in [0.3, 0.4) is 0 Å². The maximum Gasteiger partial charge on any atom is 2.00 e. The molecule has 11 heavy (non-hydrogen) atoms. The molecule has 56 valence electrons. The molecule has 0 aromatic carbocycles. The molecule has 0 spiro atoms. The van der Waals surface area contributed by atoms with Gasteiger partial charge in [0.25, 0.3) is 0 Å². The molecule has 1 aliphatic rings. The minimum Gasteiger partial charge on any atom is -0.549 e. The topological polar surface area (TPSA) is 80.3 Å². The molecule has 1 rings (SSSR count). The summed E-state index contributed by atoms with van der Waals surface area (Å²) in [5, 5.41) is 20.4. The van der Waals surface area contributed by atoms with Gasteiger partial charge in [-0.15, -0.1) is 0 Å². The third-order valence-electron chi connectivity index (χ3n) is 1.99. The first-order chi connectivity index (χ1) is 4.59. The van der Waals surface area contributed by atoms with Crippen molar-refractivity contribution in [3.05, 3.63) is 0 Å². The Balaban J connectivity index is 0.000001000. The van der Waals surface area contributed by atoms with Crippen LogP contribution in [0.5, 0.6) is 0 Å². The third kappa shape index (κ3) is 1.43. The fraction of sp³-hybridized carbons (Fsp3) is 0.667. The molecule has 0 atom stereocenters. The van der Waals surface area contributed by atoms with E-state index in [0.717, 1.165) is 0 Å². The fourth-order valence-corrected chi connectivity index (χ4v) is 1.02. The average molecular weight is 207 g/mol. The maximum atomic E-state index is 10.2. The Morgan fingerprint density at radius 2 is 1.45 bits per heavy atom. The molecule has 0 saturated heterocycles. The molecule has 0 aliphatic heterocycles. The molecule has 0 aromatic rings. The number of carboxylic acid groups (broad SMARTS) is 2. The van der Waals surface area contributed by atoms with Gasteiger partial charge in [0.05, 0.1) is 11.9 Å². The second-order valence-electron chi connectivity index (χ2n) is 2.51. The van der Waals surface area contributed by atoms with Crippen molar-refractivity contribution in [3.63, 3.8) is 0 Å². The van der Waals surface area contributed by atoms with Crippen LogP contribution in [0.4, 0.5) is 0 Å². The Morgan fingerprint density at radius 1 is 1.09 bits per heavy atom. The van der Waals surface area contributed by atoms with Gasteiger partial charge in [0.15, 0.2) is 0 Å². The second kappa shape index (κ2) is 3.31. The molecule has 0 bridgehead atoms. The molecule has 0 unspecified atom stereocenters. The van der Waals surface area contributed by atoms with Crippen LogP contribution in [0.2, 0.25) is 0 Å². The molecule has 5 heteroatoms. The minimum atomic E-state index is -1.67. The Kier molecular flexibility index (Phi) is 3.18. The van der Waals surface area contributed by atoms with E-state index >= 15 is 0 Å². The van der Waals surface area contributed by atoms with Gasteiger partial charge in [-0.05, 0) is 12.8 Å². The monoisotopic (exact) mass is 206 g/mol. The zero-order valence-corrected chi connectivity index (χ0v) is 8.93. The summed E-state index contributed by atoms with van der Waals surface area (Å²) >= 11 is 0. The molecular weight excluding hydrogens is 201 g/mol. The number of hydrogen-bond donors (Lipinski definition) is 0. The molecule has 0 aromatic heterocycles. The van der Waals surface area contributed by atoms with Gasteiger partial charge in [-0.3, -0.25) is 0 Å². The van der Waals surface area contributed by atoms with E-state index in [1.165, 1.54) is 0 Å². The number of rotatable bonds is 2. The maximum absolute atomic E-state index is 10.2. The minimum absolute atomic E-state index is 0. The van der Waals surface area contributed by atoms with Crippen LogP contribution < -0.4 is 10.2 Å². The van der Waals surface area contributed by atoms with Crippen molar-refractivity contribution in [2.24, 2.45) is 5.41 Å². The SMILES string of the molecule is O=C([O-])C1(C(=O)[O-])CCC1.[Zn+2]. The largest absolute Gasteiger partial charge is 2.00 e. The zero-order chi connectivity index (χ0) is 7.78.